The van der Waals surface area contributed by atoms with Gasteiger partial charge in [0.1, 0.15) is 5.75 Å². The minimum absolute atomic E-state index is 0.129. The smallest absolute Gasteiger partial charge is 0.257 e. The van der Waals surface area contributed by atoms with E-state index in [9.17, 15) is 4.79 Å². The van der Waals surface area contributed by atoms with E-state index in [4.69, 9.17) is 4.74 Å². The Morgan fingerprint density at radius 1 is 1.08 bits per heavy atom. The van der Waals surface area contributed by atoms with Crippen molar-refractivity contribution in [2.75, 3.05) is 30.4 Å². The lowest BCUT2D eigenvalue weighted by atomic mass is 10.1. The fourth-order valence-electron chi connectivity index (χ4n) is 3.52. The second kappa shape index (κ2) is 7.12. The van der Waals surface area contributed by atoms with Crippen LogP contribution in [0.5, 0.6) is 5.75 Å². The number of benzene rings is 2. The number of hydrogen-bond acceptors (Lipinski definition) is 3. The summed E-state index contributed by atoms with van der Waals surface area (Å²) in [7, 11) is 1.62. The van der Waals surface area contributed by atoms with E-state index in [1.807, 2.05) is 30.3 Å². The molecule has 134 valence electrons. The minimum Gasteiger partial charge on any atom is -0.497 e. The van der Waals surface area contributed by atoms with Gasteiger partial charge in [-0.2, -0.15) is 0 Å². The number of fused-ring (bicyclic) bond motifs is 1. The first-order valence-electron chi connectivity index (χ1n) is 9.06. The van der Waals surface area contributed by atoms with Crippen LogP contribution in [0.15, 0.2) is 48.7 Å². The van der Waals surface area contributed by atoms with Crippen LogP contribution in [0.2, 0.25) is 0 Å². The monoisotopic (exact) mass is 349 g/mol. The zero-order valence-corrected chi connectivity index (χ0v) is 14.9. The minimum atomic E-state index is -0.129. The number of carbonyl (C=O) groups is 1. The average molecular weight is 349 g/mol. The van der Waals surface area contributed by atoms with Crippen LogP contribution in [-0.4, -0.2) is 31.1 Å². The fraction of sp³-hybridized carbons (Fsp3) is 0.286. The van der Waals surface area contributed by atoms with E-state index >= 15 is 0 Å². The largest absolute Gasteiger partial charge is 0.497 e. The highest BCUT2D eigenvalue weighted by Gasteiger charge is 2.14. The van der Waals surface area contributed by atoms with Gasteiger partial charge in [-0.3, -0.25) is 4.79 Å². The third-order valence-electron chi connectivity index (χ3n) is 4.98. The van der Waals surface area contributed by atoms with Crippen LogP contribution in [0.4, 0.5) is 11.4 Å². The van der Waals surface area contributed by atoms with E-state index in [0.29, 0.717) is 5.56 Å². The number of anilines is 2. The number of hydrogen-bond donors (Lipinski definition) is 2. The standard InChI is InChI=1S/C21H23N3O2/c1-26-17-9-10-20-18(13-17)19(14-22-20)21(25)23-15-5-7-16(8-6-15)24-11-3-2-4-12-24/h5-10,13-14,22H,2-4,11-12H2,1H3,(H,23,25). The first-order valence-corrected chi connectivity index (χ1v) is 9.06. The van der Waals surface area contributed by atoms with Crippen LogP contribution in [0.3, 0.4) is 0 Å². The number of methoxy groups -OCH3 is 1. The summed E-state index contributed by atoms with van der Waals surface area (Å²) in [6.45, 7) is 2.23. The van der Waals surface area contributed by atoms with Crippen LogP contribution in [0, 0.1) is 0 Å². The molecule has 0 atom stereocenters. The summed E-state index contributed by atoms with van der Waals surface area (Å²) in [5, 5.41) is 3.84. The van der Waals surface area contributed by atoms with Gasteiger partial charge >= 0.3 is 0 Å². The first kappa shape index (κ1) is 16.5. The molecule has 1 aliphatic heterocycles. The predicted molar refractivity (Wildman–Crippen MR) is 105 cm³/mol. The number of ether oxygens (including phenoxy) is 1. The molecule has 5 nitrogen and oxygen atoms in total. The van der Waals surface area contributed by atoms with Gasteiger partial charge in [-0.15, -0.1) is 0 Å². The summed E-state index contributed by atoms with van der Waals surface area (Å²) >= 11 is 0. The van der Waals surface area contributed by atoms with Crippen LogP contribution in [-0.2, 0) is 0 Å². The van der Waals surface area contributed by atoms with Crippen molar-refractivity contribution >= 4 is 28.2 Å². The van der Waals surface area contributed by atoms with Crippen molar-refractivity contribution in [3.63, 3.8) is 0 Å². The summed E-state index contributed by atoms with van der Waals surface area (Å²) < 4.78 is 5.27. The second-order valence-corrected chi connectivity index (χ2v) is 6.66. The van der Waals surface area contributed by atoms with Gasteiger partial charge in [0.15, 0.2) is 0 Å². The number of aromatic amines is 1. The molecular weight excluding hydrogens is 326 g/mol. The van der Waals surface area contributed by atoms with Crippen LogP contribution in [0.1, 0.15) is 29.6 Å². The quantitative estimate of drug-likeness (QED) is 0.733. The van der Waals surface area contributed by atoms with Gasteiger partial charge in [0.25, 0.3) is 5.91 Å². The lowest BCUT2D eigenvalue weighted by Gasteiger charge is -2.28. The summed E-state index contributed by atoms with van der Waals surface area (Å²) in [4.78, 5) is 18.2. The van der Waals surface area contributed by atoms with Crippen molar-refractivity contribution in [3.8, 4) is 5.75 Å². The van der Waals surface area contributed by atoms with Crippen LogP contribution < -0.4 is 15.0 Å². The maximum Gasteiger partial charge on any atom is 0.257 e. The number of nitrogens with one attached hydrogen (secondary N) is 2. The maximum atomic E-state index is 12.7. The number of nitrogens with zero attached hydrogens (tertiary/aromatic N) is 1. The second-order valence-electron chi connectivity index (χ2n) is 6.66. The molecule has 3 aromatic rings. The molecule has 1 amide bonds. The topological polar surface area (TPSA) is 57.4 Å². The Bertz CT molecular complexity index is 909. The summed E-state index contributed by atoms with van der Waals surface area (Å²) in [6, 6.07) is 13.8. The molecule has 2 N–H and O–H groups in total. The number of carbonyl (C=O) groups excluding carboxylic acids is 1. The highest BCUT2D eigenvalue weighted by molar-refractivity contribution is 6.13. The molecule has 0 bridgehead atoms. The molecule has 4 rings (SSSR count). The number of rotatable bonds is 4. The zero-order chi connectivity index (χ0) is 17.9. The van der Waals surface area contributed by atoms with Gasteiger partial charge in [-0.1, -0.05) is 0 Å². The Morgan fingerprint density at radius 3 is 2.58 bits per heavy atom. The summed E-state index contributed by atoms with van der Waals surface area (Å²) in [5.41, 5.74) is 3.54. The molecule has 1 saturated heterocycles. The van der Waals surface area contributed by atoms with Crippen molar-refractivity contribution in [1.29, 1.82) is 0 Å². The van der Waals surface area contributed by atoms with Crippen LogP contribution in [0.25, 0.3) is 10.9 Å². The molecule has 0 spiro atoms. The molecular formula is C21H23N3O2. The van der Waals surface area contributed by atoms with E-state index in [-0.39, 0.29) is 5.91 Å². The molecule has 26 heavy (non-hydrogen) atoms. The highest BCUT2D eigenvalue weighted by atomic mass is 16.5. The Balaban J connectivity index is 1.51. The van der Waals surface area contributed by atoms with E-state index in [1.54, 1.807) is 13.3 Å². The van der Waals surface area contributed by atoms with Gasteiger partial charge in [-0.05, 0) is 61.7 Å². The Hall–Kier alpha value is -2.95. The third kappa shape index (κ3) is 3.25. The Morgan fingerprint density at radius 2 is 1.85 bits per heavy atom. The molecule has 0 saturated carbocycles. The van der Waals surface area contributed by atoms with Crippen molar-refractivity contribution in [3.05, 3.63) is 54.2 Å². The van der Waals surface area contributed by atoms with Gasteiger partial charge < -0.3 is 19.9 Å². The van der Waals surface area contributed by atoms with Gasteiger partial charge in [0.05, 0.1) is 12.7 Å². The molecule has 0 radical (unpaired) electrons. The number of aromatic nitrogens is 1. The zero-order valence-electron chi connectivity index (χ0n) is 14.9. The molecule has 1 aromatic heterocycles. The number of amides is 1. The fourth-order valence-corrected chi connectivity index (χ4v) is 3.52. The molecule has 1 aliphatic rings. The molecule has 0 aliphatic carbocycles. The molecule has 2 heterocycles. The molecule has 2 aromatic carbocycles. The number of H-pyrrole nitrogens is 1. The predicted octanol–water partition coefficient (Wildman–Crippen LogP) is 4.42. The van der Waals surface area contributed by atoms with Gasteiger partial charge in [0.2, 0.25) is 0 Å². The average Bonchev–Trinajstić information content (AvgIpc) is 3.12. The summed E-state index contributed by atoms with van der Waals surface area (Å²) in [5.74, 6) is 0.604. The van der Waals surface area contributed by atoms with E-state index < -0.39 is 0 Å². The van der Waals surface area contributed by atoms with Crippen molar-refractivity contribution in [2.45, 2.75) is 19.3 Å². The van der Waals surface area contributed by atoms with E-state index in [2.05, 4.69) is 27.3 Å². The third-order valence-corrected chi connectivity index (χ3v) is 4.98. The van der Waals surface area contributed by atoms with Crippen LogP contribution >= 0.6 is 0 Å². The van der Waals surface area contributed by atoms with Crippen molar-refractivity contribution in [1.82, 2.24) is 4.98 Å². The maximum absolute atomic E-state index is 12.7. The lowest BCUT2D eigenvalue weighted by Crippen LogP contribution is -2.29. The van der Waals surface area contributed by atoms with Gasteiger partial charge in [0, 0.05) is 41.6 Å². The van der Waals surface area contributed by atoms with E-state index in [1.165, 1.54) is 24.9 Å². The Kier molecular flexibility index (Phi) is 4.52. The van der Waals surface area contributed by atoms with Gasteiger partial charge in [-0.25, -0.2) is 0 Å². The molecule has 5 heteroatoms. The summed E-state index contributed by atoms with van der Waals surface area (Å²) in [6.07, 6.45) is 5.56. The molecule has 1 fully saturated rings. The van der Waals surface area contributed by atoms with E-state index in [0.717, 1.165) is 35.4 Å². The number of piperidine rings is 1. The highest BCUT2D eigenvalue weighted by Crippen LogP contribution is 2.25. The lowest BCUT2D eigenvalue weighted by molar-refractivity contribution is 0.102. The Labute approximate surface area is 153 Å². The first-order chi connectivity index (χ1) is 12.7. The van der Waals surface area contributed by atoms with Crippen molar-refractivity contribution < 1.29 is 9.53 Å². The van der Waals surface area contributed by atoms with Crippen molar-refractivity contribution in [2.24, 2.45) is 0 Å². The molecule has 0 unspecified atom stereocenters. The SMILES string of the molecule is COc1ccc2[nH]cc(C(=O)Nc3ccc(N4CCCCC4)cc3)c2c1. The normalized spacial score (nSPS) is 14.4.